The number of nitrogens with zero attached hydrogens (tertiary/aromatic N) is 2. The molecule has 152 valence electrons. The van der Waals surface area contributed by atoms with Crippen molar-refractivity contribution in [3.8, 4) is 5.75 Å². The van der Waals surface area contributed by atoms with E-state index in [1.807, 2.05) is 6.92 Å². The van der Waals surface area contributed by atoms with Crippen LogP contribution in [-0.2, 0) is 6.54 Å². The van der Waals surface area contributed by atoms with Crippen LogP contribution in [-0.4, -0.2) is 21.5 Å². The maximum absolute atomic E-state index is 12.6. The molecule has 5 nitrogen and oxygen atoms in total. The molecule has 2 N–H and O–H groups in total. The van der Waals surface area contributed by atoms with E-state index < -0.39 is 6.61 Å². The highest BCUT2D eigenvalue weighted by Gasteiger charge is 2.12. The normalized spacial score (nSPS) is 10.8. The fourth-order valence-corrected chi connectivity index (χ4v) is 3.30. The maximum atomic E-state index is 12.6. The minimum Gasteiger partial charge on any atom is -0.433 e. The Labute approximate surface area is 181 Å². The molecule has 3 aromatic rings. The van der Waals surface area contributed by atoms with Crippen LogP contribution in [0.2, 0.25) is 10.0 Å². The summed E-state index contributed by atoms with van der Waals surface area (Å²) in [5.41, 5.74) is 1.93. The quantitative estimate of drug-likeness (QED) is 0.448. The Morgan fingerprint density at radius 1 is 1.17 bits per heavy atom. The van der Waals surface area contributed by atoms with Gasteiger partial charge in [0, 0.05) is 27.9 Å². The van der Waals surface area contributed by atoms with Crippen molar-refractivity contribution in [2.75, 3.05) is 10.6 Å². The molecule has 1 aromatic heterocycles. The molecule has 0 fully saturated rings. The molecule has 0 unspecified atom stereocenters. The fraction of sp³-hybridized carbons (Fsp3) is 0.158. The third-order valence-corrected chi connectivity index (χ3v) is 4.78. The van der Waals surface area contributed by atoms with Gasteiger partial charge in [0.15, 0.2) is 10.9 Å². The average molecular weight is 457 g/mol. The molecule has 10 heteroatoms. The van der Waals surface area contributed by atoms with Crippen molar-refractivity contribution in [2.24, 2.45) is 0 Å². The summed E-state index contributed by atoms with van der Waals surface area (Å²) >= 11 is 17.6. The van der Waals surface area contributed by atoms with Crippen LogP contribution in [0.5, 0.6) is 5.75 Å². The Kier molecular flexibility index (Phi) is 6.89. The number of halogens is 4. The summed E-state index contributed by atoms with van der Waals surface area (Å²) in [5, 5.41) is 11.4. The van der Waals surface area contributed by atoms with Gasteiger partial charge in [-0.15, -0.1) is 0 Å². The highest BCUT2D eigenvalue weighted by atomic mass is 35.5. The molecular formula is C19H16Cl2F2N4OS. The van der Waals surface area contributed by atoms with E-state index in [1.54, 1.807) is 47.3 Å². The second-order valence-electron chi connectivity index (χ2n) is 6.06. The summed E-state index contributed by atoms with van der Waals surface area (Å²) in [6.07, 6.45) is 1.74. The Morgan fingerprint density at radius 3 is 2.59 bits per heavy atom. The Bertz CT molecular complexity index is 1010. The average Bonchev–Trinajstić information content (AvgIpc) is 3.07. The van der Waals surface area contributed by atoms with E-state index in [9.17, 15) is 8.78 Å². The van der Waals surface area contributed by atoms with Gasteiger partial charge in [0.2, 0.25) is 0 Å². The van der Waals surface area contributed by atoms with Gasteiger partial charge in [0.1, 0.15) is 5.75 Å². The second kappa shape index (κ2) is 9.39. The summed E-state index contributed by atoms with van der Waals surface area (Å²) in [5.74, 6) is 0.461. The van der Waals surface area contributed by atoms with Gasteiger partial charge in [0.05, 0.1) is 12.2 Å². The molecule has 0 bridgehead atoms. The largest absolute Gasteiger partial charge is 0.433 e. The van der Waals surface area contributed by atoms with Crippen LogP contribution in [0, 0.1) is 6.92 Å². The van der Waals surface area contributed by atoms with E-state index in [2.05, 4.69) is 20.5 Å². The van der Waals surface area contributed by atoms with Crippen LogP contribution >= 0.6 is 35.4 Å². The van der Waals surface area contributed by atoms with Gasteiger partial charge in [-0.2, -0.15) is 13.9 Å². The molecule has 2 aromatic carbocycles. The summed E-state index contributed by atoms with van der Waals surface area (Å²) in [6, 6.07) is 11.8. The topological polar surface area (TPSA) is 51.1 Å². The number of alkyl halides is 2. The molecule has 0 atom stereocenters. The van der Waals surface area contributed by atoms with Crippen molar-refractivity contribution in [3.05, 3.63) is 69.8 Å². The fourth-order valence-electron chi connectivity index (χ4n) is 2.57. The highest BCUT2D eigenvalue weighted by Crippen LogP contribution is 2.28. The van der Waals surface area contributed by atoms with Gasteiger partial charge in [-0.1, -0.05) is 35.3 Å². The van der Waals surface area contributed by atoms with Gasteiger partial charge < -0.3 is 15.4 Å². The van der Waals surface area contributed by atoms with Crippen molar-refractivity contribution < 1.29 is 13.5 Å². The third kappa shape index (κ3) is 5.79. The predicted molar refractivity (Wildman–Crippen MR) is 115 cm³/mol. The minimum atomic E-state index is -2.94. The van der Waals surface area contributed by atoms with Gasteiger partial charge in [-0.05, 0) is 49.0 Å². The monoisotopic (exact) mass is 456 g/mol. The molecule has 0 radical (unpaired) electrons. The number of hydrogen-bond donors (Lipinski definition) is 2. The standard InChI is InChI=1S/C19H16Cl2F2N4OS/c1-11-5-6-16(28-18(22)23)15(9-11)24-19(29)25-17-7-8-27(26-17)10-12-13(20)3-2-4-14(12)21/h2-9,18H,10H2,1H3,(H2,24,25,26,29). The molecule has 3 rings (SSSR count). The smallest absolute Gasteiger partial charge is 0.387 e. The first-order valence-corrected chi connectivity index (χ1v) is 9.58. The van der Waals surface area contributed by atoms with Crippen molar-refractivity contribution in [1.82, 2.24) is 9.78 Å². The molecular weight excluding hydrogens is 441 g/mol. The number of aryl methyl sites for hydroxylation is 1. The zero-order valence-electron chi connectivity index (χ0n) is 15.1. The number of anilines is 2. The lowest BCUT2D eigenvalue weighted by molar-refractivity contribution is -0.0493. The summed E-state index contributed by atoms with van der Waals surface area (Å²) < 4.78 is 31.4. The zero-order valence-corrected chi connectivity index (χ0v) is 17.5. The predicted octanol–water partition coefficient (Wildman–Crippen LogP) is 5.96. The third-order valence-electron chi connectivity index (χ3n) is 3.86. The van der Waals surface area contributed by atoms with Crippen LogP contribution in [0.15, 0.2) is 48.7 Å². The summed E-state index contributed by atoms with van der Waals surface area (Å²) in [7, 11) is 0. The lowest BCUT2D eigenvalue weighted by Gasteiger charge is -2.14. The first-order valence-electron chi connectivity index (χ1n) is 8.41. The van der Waals surface area contributed by atoms with Gasteiger partial charge in [-0.3, -0.25) is 4.68 Å². The van der Waals surface area contributed by atoms with Gasteiger partial charge in [0.25, 0.3) is 0 Å². The number of thiocarbonyl (C=S) groups is 1. The van der Waals surface area contributed by atoms with E-state index >= 15 is 0 Å². The maximum Gasteiger partial charge on any atom is 0.387 e. The van der Waals surface area contributed by atoms with Crippen molar-refractivity contribution in [2.45, 2.75) is 20.1 Å². The summed E-state index contributed by atoms with van der Waals surface area (Å²) in [4.78, 5) is 0. The molecule has 0 saturated carbocycles. The van der Waals surface area contributed by atoms with E-state index in [0.717, 1.165) is 11.1 Å². The van der Waals surface area contributed by atoms with Gasteiger partial charge in [-0.25, -0.2) is 0 Å². The number of hydrogen-bond acceptors (Lipinski definition) is 3. The molecule has 0 aliphatic rings. The first kappa shape index (κ1) is 21.3. The lowest BCUT2D eigenvalue weighted by atomic mass is 10.2. The second-order valence-corrected chi connectivity index (χ2v) is 7.28. The zero-order chi connectivity index (χ0) is 21.0. The van der Waals surface area contributed by atoms with E-state index in [4.69, 9.17) is 35.4 Å². The van der Waals surface area contributed by atoms with Crippen LogP contribution in [0.1, 0.15) is 11.1 Å². The van der Waals surface area contributed by atoms with E-state index in [0.29, 0.717) is 28.1 Å². The number of aromatic nitrogens is 2. The first-order chi connectivity index (χ1) is 13.8. The number of nitrogens with one attached hydrogen (secondary N) is 2. The lowest BCUT2D eigenvalue weighted by Crippen LogP contribution is -2.20. The van der Waals surface area contributed by atoms with Crippen LogP contribution in [0.4, 0.5) is 20.3 Å². The van der Waals surface area contributed by atoms with Crippen LogP contribution in [0.3, 0.4) is 0 Å². The molecule has 0 amide bonds. The Hall–Kier alpha value is -2.42. The Balaban J connectivity index is 1.67. The van der Waals surface area contributed by atoms with Crippen LogP contribution in [0.25, 0.3) is 0 Å². The van der Waals surface area contributed by atoms with Crippen molar-refractivity contribution in [1.29, 1.82) is 0 Å². The van der Waals surface area contributed by atoms with E-state index in [-0.39, 0.29) is 10.9 Å². The molecule has 29 heavy (non-hydrogen) atoms. The molecule has 0 aliphatic heterocycles. The number of benzene rings is 2. The van der Waals surface area contributed by atoms with E-state index in [1.165, 1.54) is 6.07 Å². The number of ether oxygens (including phenoxy) is 1. The minimum absolute atomic E-state index is 0.00589. The molecule has 0 spiro atoms. The van der Waals surface area contributed by atoms with Crippen molar-refractivity contribution in [3.63, 3.8) is 0 Å². The van der Waals surface area contributed by atoms with Crippen LogP contribution < -0.4 is 15.4 Å². The van der Waals surface area contributed by atoms with Gasteiger partial charge >= 0.3 is 6.61 Å². The highest BCUT2D eigenvalue weighted by molar-refractivity contribution is 7.80. The summed E-state index contributed by atoms with van der Waals surface area (Å²) in [6.45, 7) is -0.730. The molecule has 0 aliphatic carbocycles. The van der Waals surface area contributed by atoms with Crippen molar-refractivity contribution >= 4 is 52.0 Å². The molecule has 1 heterocycles. The number of rotatable bonds is 6. The Morgan fingerprint density at radius 2 is 1.90 bits per heavy atom. The molecule has 0 saturated heterocycles. The SMILES string of the molecule is Cc1ccc(OC(F)F)c(NC(=S)Nc2ccn(Cc3c(Cl)cccc3Cl)n2)c1.